The molecule has 0 aromatic heterocycles. The molecule has 5 nitrogen and oxygen atoms in total. The van der Waals surface area contributed by atoms with Crippen LogP contribution in [0, 0.1) is 11.3 Å². The highest BCUT2D eigenvalue weighted by Crippen LogP contribution is 2.38. The molecular weight excluding hydrogens is 232 g/mol. The third-order valence-electron chi connectivity index (χ3n) is 2.58. The minimum absolute atomic E-state index is 0.00473. The Morgan fingerprint density at radius 3 is 2.67 bits per heavy atom. The summed E-state index contributed by atoms with van der Waals surface area (Å²) in [5, 5.41) is 8.81. The molecular formula is C13H16N2O3. The highest BCUT2D eigenvalue weighted by Gasteiger charge is 2.19. The summed E-state index contributed by atoms with van der Waals surface area (Å²) in [7, 11) is 0. The summed E-state index contributed by atoms with van der Waals surface area (Å²) in [5.74, 6) is 1.97. The zero-order chi connectivity index (χ0) is 13.1. The molecule has 0 radical (unpaired) electrons. The number of nitriles is 1. The Morgan fingerprint density at radius 2 is 2.06 bits per heavy atom. The van der Waals surface area contributed by atoms with Crippen LogP contribution < -0.4 is 19.9 Å². The van der Waals surface area contributed by atoms with Crippen LogP contribution in [-0.4, -0.2) is 18.9 Å². The van der Waals surface area contributed by atoms with Gasteiger partial charge in [-0.05, 0) is 31.9 Å². The average molecular weight is 248 g/mol. The van der Waals surface area contributed by atoms with Crippen molar-refractivity contribution in [2.45, 2.75) is 32.4 Å². The van der Waals surface area contributed by atoms with E-state index in [1.165, 1.54) is 0 Å². The fourth-order valence-electron chi connectivity index (χ4n) is 1.80. The first-order chi connectivity index (χ1) is 8.60. The van der Waals surface area contributed by atoms with E-state index in [-0.39, 0.29) is 12.8 Å². The van der Waals surface area contributed by atoms with E-state index in [2.05, 4.69) is 0 Å². The minimum Gasteiger partial charge on any atom is -0.475 e. The van der Waals surface area contributed by atoms with E-state index in [0.717, 1.165) is 5.56 Å². The molecule has 0 saturated heterocycles. The van der Waals surface area contributed by atoms with Gasteiger partial charge in [-0.3, -0.25) is 0 Å². The molecule has 0 aliphatic carbocycles. The van der Waals surface area contributed by atoms with Gasteiger partial charge in [-0.2, -0.15) is 5.26 Å². The van der Waals surface area contributed by atoms with E-state index in [1.54, 1.807) is 13.0 Å². The van der Waals surface area contributed by atoms with Crippen molar-refractivity contribution in [2.24, 2.45) is 5.73 Å². The fraction of sp³-hybridized carbons (Fsp3) is 0.462. The van der Waals surface area contributed by atoms with Crippen LogP contribution in [0.4, 0.5) is 0 Å². The van der Waals surface area contributed by atoms with Gasteiger partial charge in [-0.15, -0.1) is 0 Å². The number of nitrogens with zero attached hydrogens (tertiary/aromatic N) is 1. The van der Waals surface area contributed by atoms with E-state index < -0.39 is 6.10 Å². The molecule has 2 atom stereocenters. The summed E-state index contributed by atoms with van der Waals surface area (Å²) >= 11 is 0. The normalized spacial score (nSPS) is 15.9. The lowest BCUT2D eigenvalue weighted by molar-refractivity contribution is 0.173. The lowest BCUT2D eigenvalue weighted by atomic mass is 10.1. The van der Waals surface area contributed by atoms with Gasteiger partial charge in [-0.25, -0.2) is 0 Å². The first-order valence-corrected chi connectivity index (χ1v) is 5.84. The second-order valence-electron chi connectivity index (χ2n) is 4.38. The molecule has 0 spiro atoms. The molecule has 1 aromatic carbocycles. The maximum absolute atomic E-state index is 8.81. The van der Waals surface area contributed by atoms with Gasteiger partial charge in [0.15, 0.2) is 17.6 Å². The molecule has 1 heterocycles. The molecule has 0 fully saturated rings. The Hall–Kier alpha value is -1.93. The van der Waals surface area contributed by atoms with E-state index >= 15 is 0 Å². The van der Waals surface area contributed by atoms with Gasteiger partial charge < -0.3 is 19.9 Å². The molecule has 5 heteroatoms. The molecule has 0 saturated carbocycles. The molecule has 18 heavy (non-hydrogen) atoms. The topological polar surface area (TPSA) is 77.5 Å². The van der Waals surface area contributed by atoms with Gasteiger partial charge in [0.25, 0.3) is 0 Å². The third-order valence-corrected chi connectivity index (χ3v) is 2.58. The number of fused-ring (bicyclic) bond motifs is 1. The van der Waals surface area contributed by atoms with E-state index in [4.69, 9.17) is 25.2 Å². The summed E-state index contributed by atoms with van der Waals surface area (Å²) in [4.78, 5) is 0. The van der Waals surface area contributed by atoms with Gasteiger partial charge in [0.1, 0.15) is 11.8 Å². The van der Waals surface area contributed by atoms with Crippen LogP contribution in [0.15, 0.2) is 12.1 Å². The smallest absolute Gasteiger partial charge is 0.231 e. The van der Waals surface area contributed by atoms with Gasteiger partial charge in [0.05, 0.1) is 0 Å². The lowest BCUT2D eigenvalue weighted by Crippen LogP contribution is -2.19. The Labute approximate surface area is 106 Å². The monoisotopic (exact) mass is 248 g/mol. The molecule has 0 bridgehead atoms. The van der Waals surface area contributed by atoms with Crippen LogP contribution in [0.25, 0.3) is 0 Å². The summed E-state index contributed by atoms with van der Waals surface area (Å²) < 4.78 is 16.2. The average Bonchev–Trinajstić information content (AvgIpc) is 2.75. The third kappa shape index (κ3) is 2.66. The van der Waals surface area contributed by atoms with Crippen molar-refractivity contribution in [1.82, 2.24) is 0 Å². The Bertz CT molecular complexity index is 480. The summed E-state index contributed by atoms with van der Waals surface area (Å²) in [6, 6.07) is 5.66. The van der Waals surface area contributed by atoms with Gasteiger partial charge >= 0.3 is 0 Å². The molecule has 0 amide bonds. The Kier molecular flexibility index (Phi) is 3.58. The summed E-state index contributed by atoms with van der Waals surface area (Å²) in [6.07, 6.45) is 0.140. The van der Waals surface area contributed by atoms with Crippen molar-refractivity contribution >= 4 is 0 Å². The molecule has 96 valence electrons. The largest absolute Gasteiger partial charge is 0.475 e. The van der Waals surface area contributed by atoms with Crippen LogP contribution in [0.5, 0.6) is 17.2 Å². The minimum atomic E-state index is -0.516. The number of hydrogen-bond donors (Lipinski definition) is 1. The first-order valence-electron chi connectivity index (χ1n) is 5.84. The molecule has 1 aromatic rings. The van der Waals surface area contributed by atoms with E-state index in [9.17, 15) is 0 Å². The number of ether oxygens (including phenoxy) is 3. The maximum atomic E-state index is 8.81. The molecule has 2 rings (SSSR count). The van der Waals surface area contributed by atoms with Crippen molar-refractivity contribution in [1.29, 1.82) is 5.26 Å². The SMILES string of the molecule is CC(N)Cc1cc2c(cc1OC(C)C#N)OCO2. The number of rotatable bonds is 4. The van der Waals surface area contributed by atoms with Crippen LogP contribution in [0.3, 0.4) is 0 Å². The zero-order valence-electron chi connectivity index (χ0n) is 10.5. The molecule has 1 aliphatic rings. The van der Waals surface area contributed by atoms with Crippen LogP contribution in [-0.2, 0) is 6.42 Å². The first kappa shape index (κ1) is 12.5. The second-order valence-corrected chi connectivity index (χ2v) is 4.38. The number of benzene rings is 1. The molecule has 2 N–H and O–H groups in total. The van der Waals surface area contributed by atoms with Crippen molar-refractivity contribution in [2.75, 3.05) is 6.79 Å². The zero-order valence-corrected chi connectivity index (χ0v) is 10.5. The van der Waals surface area contributed by atoms with E-state index in [0.29, 0.717) is 23.7 Å². The Balaban J connectivity index is 2.32. The predicted molar refractivity (Wildman–Crippen MR) is 65.6 cm³/mol. The van der Waals surface area contributed by atoms with Crippen molar-refractivity contribution in [3.63, 3.8) is 0 Å². The number of hydrogen-bond acceptors (Lipinski definition) is 5. The van der Waals surface area contributed by atoms with Crippen molar-refractivity contribution in [3.05, 3.63) is 17.7 Å². The quantitative estimate of drug-likeness (QED) is 0.875. The van der Waals surface area contributed by atoms with Crippen LogP contribution >= 0.6 is 0 Å². The highest BCUT2D eigenvalue weighted by atomic mass is 16.7. The Morgan fingerprint density at radius 1 is 1.39 bits per heavy atom. The lowest BCUT2D eigenvalue weighted by Gasteiger charge is -2.15. The number of nitrogens with two attached hydrogens (primary N) is 1. The standard InChI is InChI=1S/C13H16N2O3/c1-8(15)3-10-4-12-13(17-7-16-12)5-11(10)18-9(2)6-14/h4-5,8-9H,3,7,15H2,1-2H3. The van der Waals surface area contributed by atoms with Crippen LogP contribution in [0.2, 0.25) is 0 Å². The van der Waals surface area contributed by atoms with Gasteiger partial charge in [0.2, 0.25) is 6.79 Å². The predicted octanol–water partition coefficient (Wildman–Crippen LogP) is 1.60. The highest BCUT2D eigenvalue weighted by molar-refractivity contribution is 5.52. The second kappa shape index (κ2) is 5.15. The van der Waals surface area contributed by atoms with Gasteiger partial charge in [0, 0.05) is 12.1 Å². The van der Waals surface area contributed by atoms with E-state index in [1.807, 2.05) is 19.1 Å². The molecule has 1 aliphatic heterocycles. The van der Waals surface area contributed by atoms with Crippen molar-refractivity contribution < 1.29 is 14.2 Å². The molecule has 2 unspecified atom stereocenters. The van der Waals surface area contributed by atoms with Gasteiger partial charge in [-0.1, -0.05) is 0 Å². The van der Waals surface area contributed by atoms with Crippen LogP contribution in [0.1, 0.15) is 19.4 Å². The maximum Gasteiger partial charge on any atom is 0.231 e. The fourth-order valence-corrected chi connectivity index (χ4v) is 1.80. The van der Waals surface area contributed by atoms with Crippen molar-refractivity contribution in [3.8, 4) is 23.3 Å². The summed E-state index contributed by atoms with van der Waals surface area (Å²) in [6.45, 7) is 3.83. The summed E-state index contributed by atoms with van der Waals surface area (Å²) in [5.41, 5.74) is 6.74.